The Balaban J connectivity index is 1.32. The molecule has 2 heterocycles. The smallest absolute Gasteiger partial charge is 0.323 e. The molecular weight excluding hydrogens is 532 g/mol. The quantitative estimate of drug-likeness (QED) is 0.362. The van der Waals surface area contributed by atoms with Crippen molar-refractivity contribution < 1.29 is 27.8 Å². The molecule has 0 radical (unpaired) electrons. The number of piperazine rings is 1. The number of carbonyl (C=O) groups is 2. The van der Waals surface area contributed by atoms with Crippen LogP contribution in [0.4, 0.5) is 36.3 Å². The van der Waals surface area contributed by atoms with Crippen molar-refractivity contribution in [1.29, 1.82) is 0 Å². The van der Waals surface area contributed by atoms with Gasteiger partial charge < -0.3 is 35.2 Å². The first-order chi connectivity index (χ1) is 19.9. The summed E-state index contributed by atoms with van der Waals surface area (Å²) in [6.45, 7) is 3.86. The molecule has 3 aromatic carbocycles. The van der Waals surface area contributed by atoms with Crippen molar-refractivity contribution >= 4 is 34.7 Å². The SMILES string of the molecule is COc1ccccc1N1CCN(c2ccc(NC(=O)Nc3ccc(F)cc3F)cc2C(=O)NCC2CCCO2)CC1. The fraction of sp³-hybridized carbons (Fsp3) is 0.333. The first-order valence-electron chi connectivity index (χ1n) is 13.6. The Kier molecular flexibility index (Phi) is 8.83. The van der Waals surface area contributed by atoms with E-state index in [1.807, 2.05) is 24.3 Å². The molecule has 2 aliphatic heterocycles. The maximum atomic E-state index is 14.0. The van der Waals surface area contributed by atoms with Gasteiger partial charge in [-0.15, -0.1) is 0 Å². The van der Waals surface area contributed by atoms with Gasteiger partial charge in [0.15, 0.2) is 0 Å². The zero-order valence-corrected chi connectivity index (χ0v) is 22.8. The second-order valence-corrected chi connectivity index (χ2v) is 9.93. The largest absolute Gasteiger partial charge is 0.495 e. The first kappa shape index (κ1) is 28.2. The van der Waals surface area contributed by atoms with Gasteiger partial charge in [-0.05, 0) is 55.3 Å². The minimum Gasteiger partial charge on any atom is -0.495 e. The normalized spacial score (nSPS) is 16.8. The number of halogens is 2. The van der Waals surface area contributed by atoms with Crippen molar-refractivity contribution in [3.63, 3.8) is 0 Å². The van der Waals surface area contributed by atoms with Crippen LogP contribution in [-0.4, -0.2) is 64.5 Å². The zero-order valence-electron chi connectivity index (χ0n) is 22.8. The van der Waals surface area contributed by atoms with Crippen LogP contribution in [-0.2, 0) is 4.74 Å². The number of para-hydroxylation sites is 2. The van der Waals surface area contributed by atoms with Crippen LogP contribution in [0.1, 0.15) is 23.2 Å². The number of nitrogens with zero attached hydrogens (tertiary/aromatic N) is 2. The number of rotatable bonds is 8. The van der Waals surface area contributed by atoms with Crippen molar-refractivity contribution in [1.82, 2.24) is 5.32 Å². The third-order valence-corrected chi connectivity index (χ3v) is 7.24. The van der Waals surface area contributed by atoms with E-state index < -0.39 is 17.7 Å². The second-order valence-electron chi connectivity index (χ2n) is 9.93. The zero-order chi connectivity index (χ0) is 28.8. The van der Waals surface area contributed by atoms with Gasteiger partial charge in [0, 0.05) is 56.8 Å². The predicted molar refractivity (Wildman–Crippen MR) is 154 cm³/mol. The van der Waals surface area contributed by atoms with Gasteiger partial charge in [0.05, 0.1) is 30.2 Å². The van der Waals surface area contributed by atoms with E-state index >= 15 is 0 Å². The molecular formula is C30H33F2N5O4. The van der Waals surface area contributed by atoms with Gasteiger partial charge in [0.1, 0.15) is 17.4 Å². The number of anilines is 4. The molecule has 0 spiro atoms. The number of amides is 3. The fourth-order valence-electron chi connectivity index (χ4n) is 5.13. The number of carbonyl (C=O) groups excluding carboxylic acids is 2. The summed E-state index contributed by atoms with van der Waals surface area (Å²) in [7, 11) is 1.66. The summed E-state index contributed by atoms with van der Waals surface area (Å²) >= 11 is 0. The molecule has 0 bridgehead atoms. The number of methoxy groups -OCH3 is 1. The highest BCUT2D eigenvalue weighted by Gasteiger charge is 2.25. The molecule has 41 heavy (non-hydrogen) atoms. The van der Waals surface area contributed by atoms with Crippen LogP contribution >= 0.6 is 0 Å². The highest BCUT2D eigenvalue weighted by molar-refractivity contribution is 6.04. The van der Waals surface area contributed by atoms with E-state index in [0.29, 0.717) is 43.6 Å². The number of urea groups is 1. The molecule has 2 fully saturated rings. The van der Waals surface area contributed by atoms with E-state index in [4.69, 9.17) is 9.47 Å². The third kappa shape index (κ3) is 6.86. The maximum absolute atomic E-state index is 14.0. The summed E-state index contributed by atoms with van der Waals surface area (Å²) < 4.78 is 38.4. The van der Waals surface area contributed by atoms with Crippen LogP contribution in [0.2, 0.25) is 0 Å². The lowest BCUT2D eigenvalue weighted by molar-refractivity contribution is 0.0858. The number of ether oxygens (including phenoxy) is 2. The summed E-state index contributed by atoms with van der Waals surface area (Å²) in [6, 6.07) is 15.1. The molecule has 5 rings (SSSR count). The van der Waals surface area contributed by atoms with E-state index in [1.54, 1.807) is 25.3 Å². The third-order valence-electron chi connectivity index (χ3n) is 7.24. The van der Waals surface area contributed by atoms with Gasteiger partial charge >= 0.3 is 6.03 Å². The molecule has 1 atom stereocenters. The summed E-state index contributed by atoms with van der Waals surface area (Å²) in [6.07, 6.45) is 1.83. The predicted octanol–water partition coefficient (Wildman–Crippen LogP) is 4.85. The van der Waals surface area contributed by atoms with Crippen molar-refractivity contribution in [2.45, 2.75) is 18.9 Å². The van der Waals surface area contributed by atoms with Crippen LogP contribution in [0.25, 0.3) is 0 Å². The number of hydrogen-bond donors (Lipinski definition) is 3. The summed E-state index contributed by atoms with van der Waals surface area (Å²) in [5.41, 5.74) is 2.35. The van der Waals surface area contributed by atoms with Crippen molar-refractivity contribution in [3.05, 3.63) is 77.9 Å². The molecule has 216 valence electrons. The number of nitrogens with one attached hydrogen (secondary N) is 3. The highest BCUT2D eigenvalue weighted by Crippen LogP contribution is 2.31. The topological polar surface area (TPSA) is 95.2 Å². The van der Waals surface area contributed by atoms with E-state index in [9.17, 15) is 18.4 Å². The van der Waals surface area contributed by atoms with E-state index in [0.717, 1.165) is 55.2 Å². The molecule has 0 aromatic heterocycles. The average molecular weight is 566 g/mol. The second kappa shape index (κ2) is 12.9. The molecule has 2 saturated heterocycles. The van der Waals surface area contributed by atoms with Crippen molar-refractivity contribution in [2.24, 2.45) is 0 Å². The fourth-order valence-corrected chi connectivity index (χ4v) is 5.13. The van der Waals surface area contributed by atoms with Gasteiger partial charge in [-0.3, -0.25) is 4.79 Å². The first-order valence-corrected chi connectivity index (χ1v) is 13.6. The van der Waals surface area contributed by atoms with Crippen LogP contribution in [0.15, 0.2) is 60.7 Å². The Bertz CT molecular complexity index is 1390. The summed E-state index contributed by atoms with van der Waals surface area (Å²) in [4.78, 5) is 30.4. The van der Waals surface area contributed by atoms with E-state index in [-0.39, 0.29) is 17.7 Å². The van der Waals surface area contributed by atoms with Gasteiger partial charge in [-0.1, -0.05) is 12.1 Å². The molecule has 11 heteroatoms. The van der Waals surface area contributed by atoms with Crippen LogP contribution in [0, 0.1) is 11.6 Å². The standard InChI is InChI=1S/C30H33F2N5O4/c1-40-28-7-3-2-6-27(28)37-14-12-36(13-15-37)26-11-9-21(18-23(26)29(38)33-19-22-5-4-16-41-22)34-30(39)35-25-10-8-20(31)17-24(25)32/h2-3,6-11,17-18,22H,4-5,12-16,19H2,1H3,(H,33,38)(H2,34,35,39). The Hall–Kier alpha value is -4.38. The van der Waals surface area contributed by atoms with Crippen molar-refractivity contribution in [3.8, 4) is 5.75 Å². The van der Waals surface area contributed by atoms with Gasteiger partial charge in [-0.2, -0.15) is 0 Å². The van der Waals surface area contributed by atoms with E-state index in [1.165, 1.54) is 0 Å². The number of hydrogen-bond acceptors (Lipinski definition) is 6. The molecule has 2 aliphatic rings. The van der Waals surface area contributed by atoms with E-state index in [2.05, 4.69) is 25.8 Å². The average Bonchev–Trinajstić information content (AvgIpc) is 3.51. The van der Waals surface area contributed by atoms with Gasteiger partial charge in [-0.25, -0.2) is 13.6 Å². The molecule has 0 aliphatic carbocycles. The molecule has 3 N–H and O–H groups in total. The molecule has 1 unspecified atom stereocenters. The molecule has 3 aromatic rings. The molecule has 0 saturated carbocycles. The monoisotopic (exact) mass is 565 g/mol. The lowest BCUT2D eigenvalue weighted by Crippen LogP contribution is -2.47. The van der Waals surface area contributed by atoms with Crippen molar-refractivity contribution in [2.75, 3.05) is 66.9 Å². The minimum absolute atomic E-state index is 0.0236. The minimum atomic E-state index is -0.892. The van der Waals surface area contributed by atoms with Gasteiger partial charge in [0.2, 0.25) is 0 Å². The Morgan fingerprint density at radius 2 is 1.71 bits per heavy atom. The highest BCUT2D eigenvalue weighted by atomic mass is 19.1. The Morgan fingerprint density at radius 3 is 2.41 bits per heavy atom. The molecule has 9 nitrogen and oxygen atoms in total. The van der Waals surface area contributed by atoms with Crippen LogP contribution in [0.5, 0.6) is 5.75 Å². The lowest BCUT2D eigenvalue weighted by Gasteiger charge is -2.38. The summed E-state index contributed by atoms with van der Waals surface area (Å²) in [5.74, 6) is -1.11. The maximum Gasteiger partial charge on any atom is 0.323 e. The molecule has 3 amide bonds. The Labute approximate surface area is 237 Å². The van der Waals surface area contributed by atoms with Gasteiger partial charge in [0.25, 0.3) is 5.91 Å². The lowest BCUT2D eigenvalue weighted by atomic mass is 10.1. The van der Waals surface area contributed by atoms with Crippen LogP contribution in [0.3, 0.4) is 0 Å². The van der Waals surface area contributed by atoms with Crippen LogP contribution < -0.4 is 30.5 Å². The number of benzene rings is 3. The Morgan fingerprint density at radius 1 is 0.951 bits per heavy atom. The summed E-state index contributed by atoms with van der Waals surface area (Å²) in [5, 5.41) is 7.98.